The largest absolute Gasteiger partial charge is 0.351 e. The SMILES string of the molecule is CC1(C)C(=O)N([C@H]2C[C@H](Nc3ncc4ccccc4n3)C2)c2ncccc21. The minimum absolute atomic E-state index is 0.140. The Bertz CT molecular complexity index is 1040. The Hall–Kier alpha value is -3.02. The fraction of sp³-hybridized carbons (Fsp3) is 0.333. The van der Waals surface area contributed by atoms with Gasteiger partial charge < -0.3 is 5.32 Å². The normalized spacial score (nSPS) is 23.2. The standard InChI is InChI=1S/C21H21N5O/c1-21(2)16-7-5-9-22-18(16)26(19(21)27)15-10-14(11-15)24-20-23-12-13-6-3-4-8-17(13)25-20/h3-9,12,14-15H,10-11H2,1-2H3,(H,23,24,25)/t14-,15-. The van der Waals surface area contributed by atoms with E-state index in [9.17, 15) is 4.79 Å². The predicted molar refractivity (Wildman–Crippen MR) is 105 cm³/mol. The van der Waals surface area contributed by atoms with Gasteiger partial charge in [-0.25, -0.2) is 15.0 Å². The molecule has 6 nitrogen and oxygen atoms in total. The number of nitrogens with zero attached hydrogens (tertiary/aromatic N) is 4. The van der Waals surface area contributed by atoms with Crippen LogP contribution >= 0.6 is 0 Å². The summed E-state index contributed by atoms with van der Waals surface area (Å²) in [7, 11) is 0. The molecule has 6 heteroatoms. The van der Waals surface area contributed by atoms with Gasteiger partial charge in [-0.05, 0) is 38.8 Å². The van der Waals surface area contributed by atoms with Crippen LogP contribution in [0.2, 0.25) is 0 Å². The minimum Gasteiger partial charge on any atom is -0.351 e. The lowest BCUT2D eigenvalue weighted by molar-refractivity contribution is -0.122. The van der Waals surface area contributed by atoms with E-state index in [-0.39, 0.29) is 18.0 Å². The zero-order valence-corrected chi connectivity index (χ0v) is 15.4. The Kier molecular flexibility index (Phi) is 3.44. The summed E-state index contributed by atoms with van der Waals surface area (Å²) in [5.41, 5.74) is 1.44. The van der Waals surface area contributed by atoms with Crippen LogP contribution < -0.4 is 10.2 Å². The molecule has 1 N–H and O–H groups in total. The Morgan fingerprint density at radius 3 is 2.78 bits per heavy atom. The number of hydrogen-bond acceptors (Lipinski definition) is 5. The van der Waals surface area contributed by atoms with Crippen LogP contribution in [-0.4, -0.2) is 32.9 Å². The molecule has 27 heavy (non-hydrogen) atoms. The van der Waals surface area contributed by atoms with E-state index < -0.39 is 5.41 Å². The zero-order chi connectivity index (χ0) is 18.6. The summed E-state index contributed by atoms with van der Waals surface area (Å²) in [5.74, 6) is 1.60. The molecule has 1 aliphatic heterocycles. The van der Waals surface area contributed by atoms with Gasteiger partial charge in [-0.15, -0.1) is 0 Å². The van der Waals surface area contributed by atoms with Crippen LogP contribution in [0.3, 0.4) is 0 Å². The number of rotatable bonds is 3. The third kappa shape index (κ3) is 2.47. The maximum absolute atomic E-state index is 13.0. The topological polar surface area (TPSA) is 71.0 Å². The number of para-hydroxylation sites is 1. The molecule has 1 aliphatic carbocycles. The molecule has 1 saturated carbocycles. The Labute approximate surface area is 157 Å². The van der Waals surface area contributed by atoms with Crippen LogP contribution in [-0.2, 0) is 10.2 Å². The summed E-state index contributed by atoms with van der Waals surface area (Å²) >= 11 is 0. The van der Waals surface area contributed by atoms with Gasteiger partial charge in [0.1, 0.15) is 5.82 Å². The molecule has 1 aromatic carbocycles. The van der Waals surface area contributed by atoms with Gasteiger partial charge in [0.05, 0.1) is 10.9 Å². The minimum atomic E-state index is -0.510. The third-order valence-electron chi connectivity index (χ3n) is 5.74. The van der Waals surface area contributed by atoms with E-state index in [4.69, 9.17) is 0 Å². The molecule has 3 aromatic rings. The van der Waals surface area contributed by atoms with Crippen molar-refractivity contribution >= 4 is 28.6 Å². The molecular weight excluding hydrogens is 338 g/mol. The first-order chi connectivity index (χ1) is 13.0. The first-order valence-electron chi connectivity index (χ1n) is 9.31. The molecule has 5 rings (SSSR count). The van der Waals surface area contributed by atoms with Crippen molar-refractivity contribution in [1.82, 2.24) is 15.0 Å². The quantitative estimate of drug-likeness (QED) is 0.777. The molecule has 0 bridgehead atoms. The van der Waals surface area contributed by atoms with Gasteiger partial charge in [-0.3, -0.25) is 9.69 Å². The van der Waals surface area contributed by atoms with Crippen molar-refractivity contribution in [2.45, 2.75) is 44.2 Å². The molecule has 1 amide bonds. The number of aromatic nitrogens is 3. The van der Waals surface area contributed by atoms with Crippen LogP contribution in [0.1, 0.15) is 32.3 Å². The van der Waals surface area contributed by atoms with Crippen molar-refractivity contribution in [2.24, 2.45) is 0 Å². The molecule has 0 unspecified atom stereocenters. The molecule has 1 fully saturated rings. The fourth-order valence-electron chi connectivity index (χ4n) is 4.07. The second-order valence-corrected chi connectivity index (χ2v) is 7.89. The summed E-state index contributed by atoms with van der Waals surface area (Å²) in [6.07, 6.45) is 5.34. The van der Waals surface area contributed by atoms with Crippen molar-refractivity contribution in [3.8, 4) is 0 Å². The summed E-state index contributed by atoms with van der Waals surface area (Å²) in [6, 6.07) is 12.3. The zero-order valence-electron chi connectivity index (χ0n) is 15.4. The highest BCUT2D eigenvalue weighted by Gasteiger charge is 2.50. The summed E-state index contributed by atoms with van der Waals surface area (Å²) < 4.78 is 0. The van der Waals surface area contributed by atoms with Crippen LogP contribution in [0.4, 0.5) is 11.8 Å². The van der Waals surface area contributed by atoms with Crippen molar-refractivity contribution in [2.75, 3.05) is 10.2 Å². The van der Waals surface area contributed by atoms with Gasteiger partial charge in [-0.2, -0.15) is 0 Å². The number of hydrogen-bond donors (Lipinski definition) is 1. The second-order valence-electron chi connectivity index (χ2n) is 7.89. The highest BCUT2D eigenvalue weighted by Crippen LogP contribution is 2.44. The van der Waals surface area contributed by atoms with Gasteiger partial charge in [0.2, 0.25) is 11.9 Å². The highest BCUT2D eigenvalue weighted by molar-refractivity contribution is 6.07. The van der Waals surface area contributed by atoms with E-state index in [1.807, 2.05) is 61.3 Å². The van der Waals surface area contributed by atoms with E-state index in [0.29, 0.717) is 5.95 Å². The summed E-state index contributed by atoms with van der Waals surface area (Å²) in [4.78, 5) is 28.3. The lowest BCUT2D eigenvalue weighted by Crippen LogP contribution is -2.53. The Balaban J connectivity index is 1.31. The number of carbonyl (C=O) groups excluding carboxylic acids is 1. The first-order valence-corrected chi connectivity index (χ1v) is 9.31. The highest BCUT2D eigenvalue weighted by atomic mass is 16.2. The van der Waals surface area contributed by atoms with Gasteiger partial charge in [0, 0.05) is 35.4 Å². The number of pyridine rings is 1. The van der Waals surface area contributed by atoms with E-state index in [0.717, 1.165) is 35.1 Å². The van der Waals surface area contributed by atoms with Crippen molar-refractivity contribution in [3.63, 3.8) is 0 Å². The van der Waals surface area contributed by atoms with Crippen LogP contribution in [0, 0.1) is 0 Å². The molecule has 0 spiro atoms. The maximum atomic E-state index is 13.0. The van der Waals surface area contributed by atoms with Gasteiger partial charge in [-0.1, -0.05) is 24.3 Å². The maximum Gasteiger partial charge on any atom is 0.238 e. The molecule has 0 atom stereocenters. The second kappa shape index (κ2) is 5.74. The number of anilines is 2. The van der Waals surface area contributed by atoms with Crippen molar-refractivity contribution in [1.29, 1.82) is 0 Å². The molecule has 3 heterocycles. The van der Waals surface area contributed by atoms with Crippen LogP contribution in [0.25, 0.3) is 10.9 Å². The van der Waals surface area contributed by atoms with Gasteiger partial charge in [0.25, 0.3) is 0 Å². The number of carbonyl (C=O) groups is 1. The average molecular weight is 359 g/mol. The van der Waals surface area contributed by atoms with E-state index in [2.05, 4.69) is 20.3 Å². The van der Waals surface area contributed by atoms with Gasteiger partial charge in [0.15, 0.2) is 0 Å². The Morgan fingerprint density at radius 2 is 1.93 bits per heavy atom. The van der Waals surface area contributed by atoms with Crippen LogP contribution in [0.15, 0.2) is 48.8 Å². The average Bonchev–Trinajstić information content (AvgIpc) is 2.85. The predicted octanol–water partition coefficient (Wildman–Crippen LogP) is 3.29. The van der Waals surface area contributed by atoms with Gasteiger partial charge >= 0.3 is 0 Å². The fourth-order valence-corrected chi connectivity index (χ4v) is 4.07. The summed E-state index contributed by atoms with van der Waals surface area (Å²) in [5, 5.41) is 4.43. The molecule has 136 valence electrons. The lowest BCUT2D eigenvalue weighted by atomic mass is 9.84. The monoisotopic (exact) mass is 359 g/mol. The van der Waals surface area contributed by atoms with E-state index in [1.165, 1.54) is 0 Å². The van der Waals surface area contributed by atoms with Crippen LogP contribution in [0.5, 0.6) is 0 Å². The molecule has 0 radical (unpaired) electrons. The molecule has 0 saturated heterocycles. The van der Waals surface area contributed by atoms with E-state index >= 15 is 0 Å². The van der Waals surface area contributed by atoms with Crippen molar-refractivity contribution in [3.05, 3.63) is 54.4 Å². The smallest absolute Gasteiger partial charge is 0.238 e. The van der Waals surface area contributed by atoms with Crippen molar-refractivity contribution < 1.29 is 4.79 Å². The number of benzene rings is 1. The Morgan fingerprint density at radius 1 is 1.11 bits per heavy atom. The number of amides is 1. The third-order valence-corrected chi connectivity index (χ3v) is 5.74. The van der Waals surface area contributed by atoms with E-state index in [1.54, 1.807) is 6.20 Å². The molecule has 2 aliphatic rings. The first kappa shape index (κ1) is 16.2. The molecular formula is C21H21N5O. The molecule has 2 aromatic heterocycles. The lowest BCUT2D eigenvalue weighted by Gasteiger charge is -2.41. The number of fused-ring (bicyclic) bond motifs is 2. The summed E-state index contributed by atoms with van der Waals surface area (Å²) in [6.45, 7) is 3.96. The number of nitrogens with one attached hydrogen (secondary N) is 1.